The zero-order valence-corrected chi connectivity index (χ0v) is 8.75. The van der Waals surface area contributed by atoms with E-state index in [1.165, 1.54) is 7.11 Å². The minimum Gasteiger partial charge on any atom is -0.480 e. The van der Waals surface area contributed by atoms with Crippen LogP contribution in [0.25, 0.3) is 0 Å². The summed E-state index contributed by atoms with van der Waals surface area (Å²) in [5, 5.41) is 0. The summed E-state index contributed by atoms with van der Waals surface area (Å²) in [7, 11) is 1.24. The molecule has 0 aliphatic heterocycles. The van der Waals surface area contributed by atoms with Gasteiger partial charge in [-0.25, -0.2) is 4.98 Å². The molecule has 5 nitrogen and oxygen atoms in total. The average Bonchev–Trinajstić information content (AvgIpc) is 2.26. The van der Waals surface area contributed by atoms with Crippen LogP contribution in [0.3, 0.4) is 0 Å². The lowest BCUT2D eigenvalue weighted by Gasteiger charge is -2.13. The standard InChI is InChI=1S/C9H9F3N2O3/c1-16-8-5(4-15)2-7(6(3-13)14-8)17-9(10,11)12/h2,4H,3,13H2,1H3. The van der Waals surface area contributed by atoms with Crippen LogP contribution < -0.4 is 15.2 Å². The molecule has 0 amide bonds. The third-order valence-corrected chi connectivity index (χ3v) is 1.79. The van der Waals surface area contributed by atoms with Gasteiger partial charge in [0.15, 0.2) is 12.0 Å². The zero-order valence-electron chi connectivity index (χ0n) is 8.75. The number of nitrogens with zero attached hydrogens (tertiary/aromatic N) is 1. The zero-order chi connectivity index (χ0) is 13.1. The number of hydrogen-bond acceptors (Lipinski definition) is 5. The third kappa shape index (κ3) is 3.31. The number of aldehydes is 1. The minimum absolute atomic E-state index is 0.102. The van der Waals surface area contributed by atoms with E-state index >= 15 is 0 Å². The van der Waals surface area contributed by atoms with E-state index in [4.69, 9.17) is 10.5 Å². The predicted molar refractivity (Wildman–Crippen MR) is 50.8 cm³/mol. The molecule has 0 aliphatic rings. The molecule has 1 aromatic heterocycles. The predicted octanol–water partition coefficient (Wildman–Crippen LogP) is 1.26. The summed E-state index contributed by atoms with van der Waals surface area (Å²) >= 11 is 0. The van der Waals surface area contributed by atoms with E-state index in [0.29, 0.717) is 6.29 Å². The molecule has 0 fully saturated rings. The van der Waals surface area contributed by atoms with Crippen LogP contribution in [0.15, 0.2) is 6.07 Å². The Labute approximate surface area is 94.3 Å². The van der Waals surface area contributed by atoms with E-state index in [1.54, 1.807) is 0 Å². The number of aromatic nitrogens is 1. The van der Waals surface area contributed by atoms with Crippen LogP contribution in [-0.2, 0) is 6.54 Å². The molecular formula is C9H9F3N2O3. The lowest BCUT2D eigenvalue weighted by molar-refractivity contribution is -0.275. The first kappa shape index (κ1) is 13.2. The van der Waals surface area contributed by atoms with E-state index < -0.39 is 12.1 Å². The number of methoxy groups -OCH3 is 1. The molecule has 0 bridgehead atoms. The fourth-order valence-electron chi connectivity index (χ4n) is 1.14. The monoisotopic (exact) mass is 250 g/mol. The van der Waals surface area contributed by atoms with Crippen LogP contribution in [0.4, 0.5) is 13.2 Å². The van der Waals surface area contributed by atoms with Gasteiger partial charge in [0.05, 0.1) is 12.7 Å². The van der Waals surface area contributed by atoms with E-state index in [0.717, 1.165) is 6.07 Å². The lowest BCUT2D eigenvalue weighted by atomic mass is 10.2. The van der Waals surface area contributed by atoms with Gasteiger partial charge >= 0.3 is 6.36 Å². The SMILES string of the molecule is COc1nc(CN)c(OC(F)(F)F)cc1C=O. The van der Waals surface area contributed by atoms with Crippen molar-refractivity contribution in [2.45, 2.75) is 12.9 Å². The van der Waals surface area contributed by atoms with Crippen LogP contribution in [0.5, 0.6) is 11.6 Å². The number of ether oxygens (including phenoxy) is 2. The van der Waals surface area contributed by atoms with Crippen molar-refractivity contribution in [3.8, 4) is 11.6 Å². The van der Waals surface area contributed by atoms with Crippen molar-refractivity contribution in [2.24, 2.45) is 5.73 Å². The van der Waals surface area contributed by atoms with Gasteiger partial charge in [-0.3, -0.25) is 4.79 Å². The molecule has 0 saturated heterocycles. The van der Waals surface area contributed by atoms with Gasteiger partial charge in [0.25, 0.3) is 0 Å². The van der Waals surface area contributed by atoms with Crippen molar-refractivity contribution in [3.63, 3.8) is 0 Å². The number of pyridine rings is 1. The van der Waals surface area contributed by atoms with Gasteiger partial charge < -0.3 is 15.2 Å². The highest BCUT2D eigenvalue weighted by molar-refractivity contribution is 5.79. The van der Waals surface area contributed by atoms with Gasteiger partial charge in [0, 0.05) is 6.54 Å². The number of rotatable bonds is 4. The summed E-state index contributed by atoms with van der Waals surface area (Å²) in [6.07, 6.45) is -4.56. The molecule has 0 spiro atoms. The molecule has 0 aromatic carbocycles. The Morgan fingerprint density at radius 1 is 1.53 bits per heavy atom. The maximum absolute atomic E-state index is 12.1. The molecule has 0 atom stereocenters. The van der Waals surface area contributed by atoms with Crippen molar-refractivity contribution in [2.75, 3.05) is 7.11 Å². The highest BCUT2D eigenvalue weighted by atomic mass is 19.4. The summed E-state index contributed by atoms with van der Waals surface area (Å²) in [5.74, 6) is -0.710. The van der Waals surface area contributed by atoms with E-state index in [-0.39, 0.29) is 23.7 Å². The van der Waals surface area contributed by atoms with Crippen molar-refractivity contribution in [3.05, 3.63) is 17.3 Å². The number of nitrogens with two attached hydrogens (primary N) is 1. The first-order valence-electron chi connectivity index (χ1n) is 4.40. The smallest absolute Gasteiger partial charge is 0.480 e. The minimum atomic E-state index is -4.87. The van der Waals surface area contributed by atoms with E-state index in [1.807, 2.05) is 0 Å². The summed E-state index contributed by atoms with van der Waals surface area (Å²) in [6, 6.07) is 0.883. The average molecular weight is 250 g/mol. The number of carbonyl (C=O) groups is 1. The summed E-state index contributed by atoms with van der Waals surface area (Å²) in [4.78, 5) is 14.3. The highest BCUT2D eigenvalue weighted by Gasteiger charge is 2.32. The topological polar surface area (TPSA) is 74.4 Å². The molecule has 94 valence electrons. The molecule has 0 saturated carbocycles. The number of carbonyl (C=O) groups excluding carboxylic acids is 1. The molecule has 0 aliphatic carbocycles. The second-order valence-electron chi connectivity index (χ2n) is 2.90. The Morgan fingerprint density at radius 2 is 2.18 bits per heavy atom. The number of halogens is 3. The van der Waals surface area contributed by atoms with Crippen LogP contribution >= 0.6 is 0 Å². The first-order chi connectivity index (χ1) is 7.91. The largest absolute Gasteiger partial charge is 0.573 e. The Hall–Kier alpha value is -1.83. The molecule has 8 heteroatoms. The Kier molecular flexibility index (Phi) is 3.89. The lowest BCUT2D eigenvalue weighted by Crippen LogP contribution is -2.19. The molecule has 2 N–H and O–H groups in total. The summed E-state index contributed by atoms with van der Waals surface area (Å²) in [6.45, 7) is -0.277. The van der Waals surface area contributed by atoms with Crippen LogP contribution in [-0.4, -0.2) is 24.7 Å². The van der Waals surface area contributed by atoms with Gasteiger partial charge in [-0.15, -0.1) is 13.2 Å². The maximum Gasteiger partial charge on any atom is 0.573 e. The van der Waals surface area contributed by atoms with Crippen molar-refractivity contribution in [1.29, 1.82) is 0 Å². The highest BCUT2D eigenvalue weighted by Crippen LogP contribution is 2.29. The normalized spacial score (nSPS) is 11.1. The Balaban J connectivity index is 3.24. The molecule has 0 unspecified atom stereocenters. The fourth-order valence-corrected chi connectivity index (χ4v) is 1.14. The maximum atomic E-state index is 12.1. The molecule has 1 aromatic rings. The third-order valence-electron chi connectivity index (χ3n) is 1.79. The number of alkyl halides is 3. The molecule has 17 heavy (non-hydrogen) atoms. The van der Waals surface area contributed by atoms with Gasteiger partial charge in [-0.05, 0) is 6.07 Å². The quantitative estimate of drug-likeness (QED) is 0.814. The first-order valence-corrected chi connectivity index (χ1v) is 4.40. The molecule has 1 heterocycles. The van der Waals surface area contributed by atoms with Crippen LogP contribution in [0.1, 0.15) is 16.1 Å². The summed E-state index contributed by atoms with van der Waals surface area (Å²) in [5.41, 5.74) is 4.93. The van der Waals surface area contributed by atoms with Gasteiger partial charge in [-0.1, -0.05) is 0 Å². The van der Waals surface area contributed by atoms with Crippen molar-refractivity contribution in [1.82, 2.24) is 4.98 Å². The molecular weight excluding hydrogens is 241 g/mol. The second kappa shape index (κ2) is 5.00. The van der Waals surface area contributed by atoms with Crippen molar-refractivity contribution < 1.29 is 27.4 Å². The van der Waals surface area contributed by atoms with Crippen LogP contribution in [0, 0.1) is 0 Å². The second-order valence-corrected chi connectivity index (χ2v) is 2.90. The van der Waals surface area contributed by atoms with Crippen LogP contribution in [0.2, 0.25) is 0 Å². The van der Waals surface area contributed by atoms with Gasteiger partial charge in [0.2, 0.25) is 5.88 Å². The van der Waals surface area contributed by atoms with E-state index in [2.05, 4.69) is 9.72 Å². The van der Waals surface area contributed by atoms with Gasteiger partial charge in [-0.2, -0.15) is 0 Å². The summed E-state index contributed by atoms with van der Waals surface area (Å²) < 4.78 is 44.6. The van der Waals surface area contributed by atoms with Gasteiger partial charge in [0.1, 0.15) is 5.69 Å². The fraction of sp³-hybridized carbons (Fsp3) is 0.333. The molecule has 0 radical (unpaired) electrons. The Bertz CT molecular complexity index is 421. The molecule has 1 rings (SSSR count). The van der Waals surface area contributed by atoms with Crippen molar-refractivity contribution >= 4 is 6.29 Å². The Morgan fingerprint density at radius 3 is 2.59 bits per heavy atom. The van der Waals surface area contributed by atoms with E-state index in [9.17, 15) is 18.0 Å². The number of hydrogen-bond donors (Lipinski definition) is 1.